The third kappa shape index (κ3) is 3.75. The number of hydrogen-bond donors (Lipinski definition) is 2. The second kappa shape index (κ2) is 6.44. The predicted molar refractivity (Wildman–Crippen MR) is 76.7 cm³/mol. The lowest BCUT2D eigenvalue weighted by atomic mass is 10.3. The number of anilines is 1. The van der Waals surface area contributed by atoms with Gasteiger partial charge < -0.3 is 5.32 Å². The van der Waals surface area contributed by atoms with Gasteiger partial charge in [-0.3, -0.25) is 0 Å². The molecule has 0 spiro atoms. The van der Waals surface area contributed by atoms with E-state index in [1.54, 1.807) is 36.4 Å². The predicted octanol–water partition coefficient (Wildman–Crippen LogP) is 1.39. The molecule has 0 aliphatic heterocycles. The molecule has 1 aromatic heterocycles. The van der Waals surface area contributed by atoms with Gasteiger partial charge in [-0.25, -0.2) is 13.1 Å². The molecule has 0 fully saturated rings. The van der Waals surface area contributed by atoms with E-state index in [1.165, 1.54) is 6.20 Å². The number of nitrogens with zero attached hydrogens (tertiary/aromatic N) is 2. The van der Waals surface area contributed by atoms with Crippen LogP contribution < -0.4 is 10.0 Å². The highest BCUT2D eigenvalue weighted by Gasteiger charge is 2.13. The normalized spacial score (nSPS) is 11.2. The van der Waals surface area contributed by atoms with Gasteiger partial charge in [0.15, 0.2) is 0 Å². The van der Waals surface area contributed by atoms with Crippen molar-refractivity contribution in [3.8, 4) is 0 Å². The average molecular weight is 292 g/mol. The summed E-state index contributed by atoms with van der Waals surface area (Å²) in [5, 5.41) is 10.6. The van der Waals surface area contributed by atoms with E-state index in [-0.39, 0.29) is 11.4 Å². The van der Waals surface area contributed by atoms with Gasteiger partial charge in [-0.2, -0.15) is 10.2 Å². The van der Waals surface area contributed by atoms with Gasteiger partial charge in [0, 0.05) is 18.4 Å². The highest BCUT2D eigenvalue weighted by atomic mass is 32.2. The Balaban J connectivity index is 2.06. The average Bonchev–Trinajstić information content (AvgIpc) is 2.47. The fourth-order valence-electron chi connectivity index (χ4n) is 1.64. The molecule has 106 valence electrons. The van der Waals surface area contributed by atoms with Gasteiger partial charge in [0.25, 0.3) is 0 Å². The Bertz CT molecular complexity index is 642. The largest absolute Gasteiger partial charge is 0.385 e. The van der Waals surface area contributed by atoms with Crippen LogP contribution in [-0.2, 0) is 16.6 Å². The van der Waals surface area contributed by atoms with E-state index in [0.29, 0.717) is 5.69 Å². The van der Waals surface area contributed by atoms with Crippen molar-refractivity contribution in [3.63, 3.8) is 0 Å². The summed E-state index contributed by atoms with van der Waals surface area (Å²) in [6, 6.07) is 10.0. The first-order valence-corrected chi connectivity index (χ1v) is 7.70. The molecular formula is C13H16N4O2S. The van der Waals surface area contributed by atoms with E-state index in [4.69, 9.17) is 0 Å². The Kier molecular flexibility index (Phi) is 4.65. The number of rotatable bonds is 6. The van der Waals surface area contributed by atoms with E-state index in [2.05, 4.69) is 20.2 Å². The summed E-state index contributed by atoms with van der Waals surface area (Å²) >= 11 is 0. The molecule has 1 aromatic carbocycles. The Hall–Kier alpha value is -1.99. The highest BCUT2D eigenvalue weighted by Crippen LogP contribution is 2.14. The van der Waals surface area contributed by atoms with Crippen LogP contribution in [0.1, 0.15) is 12.6 Å². The van der Waals surface area contributed by atoms with Crippen molar-refractivity contribution in [1.29, 1.82) is 0 Å². The van der Waals surface area contributed by atoms with Gasteiger partial charge in [0.05, 0.1) is 17.1 Å². The SMILES string of the molecule is CCNc1ccc(S(=O)(=O)NCc2cccnn2)cc1. The van der Waals surface area contributed by atoms with Gasteiger partial charge in [-0.1, -0.05) is 0 Å². The zero-order valence-electron chi connectivity index (χ0n) is 11.1. The number of benzene rings is 1. The quantitative estimate of drug-likeness (QED) is 0.840. The molecule has 20 heavy (non-hydrogen) atoms. The van der Waals surface area contributed by atoms with Crippen LogP contribution in [0.2, 0.25) is 0 Å². The zero-order chi connectivity index (χ0) is 14.4. The first-order chi connectivity index (χ1) is 9.62. The van der Waals surface area contributed by atoms with Crippen molar-refractivity contribution in [2.24, 2.45) is 0 Å². The van der Waals surface area contributed by atoms with Gasteiger partial charge >= 0.3 is 0 Å². The van der Waals surface area contributed by atoms with E-state index < -0.39 is 10.0 Å². The van der Waals surface area contributed by atoms with Crippen LogP contribution in [-0.4, -0.2) is 25.2 Å². The van der Waals surface area contributed by atoms with E-state index in [9.17, 15) is 8.42 Å². The van der Waals surface area contributed by atoms with E-state index >= 15 is 0 Å². The lowest BCUT2D eigenvalue weighted by molar-refractivity contribution is 0.580. The molecule has 2 rings (SSSR count). The second-order valence-corrected chi connectivity index (χ2v) is 5.86. The van der Waals surface area contributed by atoms with Crippen LogP contribution in [0.5, 0.6) is 0 Å². The molecular weight excluding hydrogens is 276 g/mol. The molecule has 1 heterocycles. The smallest absolute Gasteiger partial charge is 0.240 e. The molecule has 6 nitrogen and oxygen atoms in total. The lowest BCUT2D eigenvalue weighted by Crippen LogP contribution is -2.23. The minimum absolute atomic E-state index is 0.116. The summed E-state index contributed by atoms with van der Waals surface area (Å²) < 4.78 is 26.7. The number of nitrogens with one attached hydrogen (secondary N) is 2. The van der Waals surface area contributed by atoms with Crippen LogP contribution in [0.25, 0.3) is 0 Å². The Morgan fingerprint density at radius 1 is 1.15 bits per heavy atom. The maximum atomic E-state index is 12.1. The van der Waals surface area contributed by atoms with E-state index in [1.807, 2.05) is 6.92 Å². The first-order valence-electron chi connectivity index (χ1n) is 6.22. The molecule has 0 radical (unpaired) electrons. The standard InChI is InChI=1S/C13H16N4O2S/c1-2-14-11-5-7-13(8-6-11)20(18,19)16-10-12-4-3-9-15-17-12/h3-9,14,16H,2,10H2,1H3. The molecule has 0 atom stereocenters. The fraction of sp³-hybridized carbons (Fsp3) is 0.231. The molecule has 0 bridgehead atoms. The Morgan fingerprint density at radius 3 is 2.50 bits per heavy atom. The number of aromatic nitrogens is 2. The fourth-order valence-corrected chi connectivity index (χ4v) is 2.64. The van der Waals surface area contributed by atoms with Crippen molar-refractivity contribution >= 4 is 15.7 Å². The van der Waals surface area contributed by atoms with Crippen LogP contribution in [0.4, 0.5) is 5.69 Å². The third-order valence-corrected chi connectivity index (χ3v) is 4.03. The summed E-state index contributed by atoms with van der Waals surface area (Å²) in [4.78, 5) is 0.225. The van der Waals surface area contributed by atoms with Crippen molar-refractivity contribution in [2.75, 3.05) is 11.9 Å². The van der Waals surface area contributed by atoms with Gasteiger partial charge in [0.2, 0.25) is 10.0 Å². The van der Waals surface area contributed by atoms with Gasteiger partial charge in [-0.05, 0) is 43.3 Å². The molecule has 0 unspecified atom stereocenters. The van der Waals surface area contributed by atoms with Crippen LogP contribution in [0, 0.1) is 0 Å². The summed E-state index contributed by atoms with van der Waals surface area (Å²) in [6.45, 7) is 2.88. The molecule has 2 aromatic rings. The van der Waals surface area contributed by atoms with Gasteiger partial charge in [0.1, 0.15) is 0 Å². The van der Waals surface area contributed by atoms with Crippen LogP contribution in [0.15, 0.2) is 47.5 Å². The summed E-state index contributed by atoms with van der Waals surface area (Å²) in [7, 11) is -3.54. The molecule has 0 saturated carbocycles. The van der Waals surface area contributed by atoms with Gasteiger partial charge in [-0.15, -0.1) is 0 Å². The lowest BCUT2D eigenvalue weighted by Gasteiger charge is -2.07. The minimum atomic E-state index is -3.54. The molecule has 0 aliphatic carbocycles. The van der Waals surface area contributed by atoms with Crippen molar-refractivity contribution in [1.82, 2.24) is 14.9 Å². The molecule has 0 amide bonds. The summed E-state index contributed by atoms with van der Waals surface area (Å²) in [6.07, 6.45) is 1.54. The Labute approximate surface area is 118 Å². The topological polar surface area (TPSA) is 84.0 Å². The second-order valence-electron chi connectivity index (χ2n) is 4.09. The molecule has 7 heteroatoms. The van der Waals surface area contributed by atoms with Crippen molar-refractivity contribution < 1.29 is 8.42 Å². The number of hydrogen-bond acceptors (Lipinski definition) is 5. The first kappa shape index (κ1) is 14.4. The van der Waals surface area contributed by atoms with Crippen LogP contribution in [0.3, 0.4) is 0 Å². The molecule has 2 N–H and O–H groups in total. The third-order valence-electron chi connectivity index (χ3n) is 2.62. The monoisotopic (exact) mass is 292 g/mol. The van der Waals surface area contributed by atoms with E-state index in [0.717, 1.165) is 12.2 Å². The highest BCUT2D eigenvalue weighted by molar-refractivity contribution is 7.89. The van der Waals surface area contributed by atoms with Crippen molar-refractivity contribution in [3.05, 3.63) is 48.3 Å². The molecule has 0 saturated heterocycles. The summed E-state index contributed by atoms with van der Waals surface area (Å²) in [5.74, 6) is 0. The zero-order valence-corrected chi connectivity index (χ0v) is 11.9. The van der Waals surface area contributed by atoms with Crippen LogP contribution >= 0.6 is 0 Å². The van der Waals surface area contributed by atoms with Crippen molar-refractivity contribution in [2.45, 2.75) is 18.4 Å². The number of sulfonamides is 1. The maximum Gasteiger partial charge on any atom is 0.240 e. The Morgan fingerprint density at radius 2 is 1.90 bits per heavy atom. The summed E-state index contributed by atoms with van der Waals surface area (Å²) in [5.41, 5.74) is 1.46. The molecule has 0 aliphatic rings. The maximum absolute atomic E-state index is 12.1. The minimum Gasteiger partial charge on any atom is -0.385 e.